The highest BCUT2D eigenvalue weighted by molar-refractivity contribution is 7.99. The Balaban J connectivity index is 2.54. The van der Waals surface area contributed by atoms with Crippen molar-refractivity contribution in [2.45, 2.75) is 31.8 Å². The molecular formula is C15H22FNO2S. The molecule has 3 nitrogen and oxygen atoms in total. The molecule has 0 radical (unpaired) electrons. The summed E-state index contributed by atoms with van der Waals surface area (Å²) in [6.07, 6.45) is 0. The molecule has 0 aromatic heterocycles. The SMILES string of the molecule is COc1ccc(F)cc1CSC(C)C(=O)NCC(C)C. The summed E-state index contributed by atoms with van der Waals surface area (Å²) in [6.45, 7) is 6.63. The van der Waals surface area contributed by atoms with E-state index in [1.807, 2.05) is 6.92 Å². The monoisotopic (exact) mass is 299 g/mol. The van der Waals surface area contributed by atoms with Gasteiger partial charge < -0.3 is 10.1 Å². The van der Waals surface area contributed by atoms with Crippen LogP contribution in [-0.4, -0.2) is 24.8 Å². The third-order valence-electron chi connectivity index (χ3n) is 2.79. The number of carbonyl (C=O) groups excluding carboxylic acids is 1. The molecule has 1 N–H and O–H groups in total. The number of nitrogens with one attached hydrogen (secondary N) is 1. The van der Waals surface area contributed by atoms with Gasteiger partial charge in [-0.2, -0.15) is 0 Å². The van der Waals surface area contributed by atoms with Crippen molar-refractivity contribution in [3.63, 3.8) is 0 Å². The molecule has 20 heavy (non-hydrogen) atoms. The zero-order valence-electron chi connectivity index (χ0n) is 12.4. The van der Waals surface area contributed by atoms with Gasteiger partial charge in [0.25, 0.3) is 0 Å². The summed E-state index contributed by atoms with van der Waals surface area (Å²) in [5, 5.41) is 2.71. The van der Waals surface area contributed by atoms with Crippen molar-refractivity contribution in [3.8, 4) is 5.75 Å². The van der Waals surface area contributed by atoms with Gasteiger partial charge in [-0.1, -0.05) is 13.8 Å². The van der Waals surface area contributed by atoms with Gasteiger partial charge in [0.05, 0.1) is 12.4 Å². The van der Waals surface area contributed by atoms with Crippen LogP contribution in [0.15, 0.2) is 18.2 Å². The molecule has 0 saturated carbocycles. The maximum absolute atomic E-state index is 13.2. The first-order valence-corrected chi connectivity index (χ1v) is 7.70. The van der Waals surface area contributed by atoms with Gasteiger partial charge in [-0.3, -0.25) is 4.79 Å². The third kappa shape index (κ3) is 5.41. The molecule has 1 aromatic carbocycles. The van der Waals surface area contributed by atoms with Crippen LogP contribution in [0, 0.1) is 11.7 Å². The van der Waals surface area contributed by atoms with Crippen molar-refractivity contribution in [2.75, 3.05) is 13.7 Å². The maximum Gasteiger partial charge on any atom is 0.232 e. The van der Waals surface area contributed by atoms with Gasteiger partial charge in [0.1, 0.15) is 11.6 Å². The number of thioether (sulfide) groups is 1. The van der Waals surface area contributed by atoms with Crippen molar-refractivity contribution < 1.29 is 13.9 Å². The third-order valence-corrected chi connectivity index (χ3v) is 3.98. The fourth-order valence-corrected chi connectivity index (χ4v) is 2.49. The highest BCUT2D eigenvalue weighted by Crippen LogP contribution is 2.26. The Labute approximate surface area is 124 Å². The zero-order valence-corrected chi connectivity index (χ0v) is 13.2. The fourth-order valence-electron chi connectivity index (χ4n) is 1.60. The summed E-state index contributed by atoms with van der Waals surface area (Å²) in [5.41, 5.74) is 0.765. The molecule has 5 heteroatoms. The summed E-state index contributed by atoms with van der Waals surface area (Å²) < 4.78 is 18.4. The highest BCUT2D eigenvalue weighted by Gasteiger charge is 2.15. The fraction of sp³-hybridized carbons (Fsp3) is 0.533. The quantitative estimate of drug-likeness (QED) is 0.840. The molecule has 0 aliphatic heterocycles. The molecular weight excluding hydrogens is 277 g/mol. The largest absolute Gasteiger partial charge is 0.496 e. The normalized spacial score (nSPS) is 12.3. The molecule has 1 atom stereocenters. The van der Waals surface area contributed by atoms with Crippen molar-refractivity contribution in [3.05, 3.63) is 29.6 Å². The number of carbonyl (C=O) groups is 1. The molecule has 112 valence electrons. The summed E-state index contributed by atoms with van der Waals surface area (Å²) in [4.78, 5) is 11.9. The zero-order chi connectivity index (χ0) is 15.1. The lowest BCUT2D eigenvalue weighted by atomic mass is 10.2. The van der Waals surface area contributed by atoms with Gasteiger partial charge in [0.15, 0.2) is 0 Å². The van der Waals surface area contributed by atoms with E-state index < -0.39 is 0 Å². The minimum Gasteiger partial charge on any atom is -0.496 e. The van der Waals surface area contributed by atoms with Crippen molar-refractivity contribution in [1.29, 1.82) is 0 Å². The molecule has 0 aliphatic carbocycles. The predicted molar refractivity (Wildman–Crippen MR) is 81.6 cm³/mol. The molecule has 0 heterocycles. The maximum atomic E-state index is 13.2. The number of amides is 1. The van der Waals surface area contributed by atoms with Crippen LogP contribution in [0.1, 0.15) is 26.3 Å². The number of hydrogen-bond donors (Lipinski definition) is 1. The second-order valence-electron chi connectivity index (χ2n) is 5.05. The average molecular weight is 299 g/mol. The number of rotatable bonds is 7. The molecule has 0 bridgehead atoms. The Kier molecular flexibility index (Phi) is 6.85. The van der Waals surface area contributed by atoms with E-state index in [1.54, 1.807) is 13.2 Å². The van der Waals surface area contributed by atoms with Crippen LogP contribution in [0.2, 0.25) is 0 Å². The lowest BCUT2D eigenvalue weighted by molar-refractivity contribution is -0.120. The van der Waals surface area contributed by atoms with Crippen LogP contribution in [-0.2, 0) is 10.5 Å². The minimum atomic E-state index is -0.293. The van der Waals surface area contributed by atoms with E-state index in [0.717, 1.165) is 5.56 Å². The van der Waals surface area contributed by atoms with Crippen LogP contribution in [0.4, 0.5) is 4.39 Å². The Morgan fingerprint density at radius 2 is 2.10 bits per heavy atom. The number of hydrogen-bond acceptors (Lipinski definition) is 3. The van der Waals surface area contributed by atoms with Crippen molar-refractivity contribution in [2.24, 2.45) is 5.92 Å². The smallest absolute Gasteiger partial charge is 0.232 e. The highest BCUT2D eigenvalue weighted by atomic mass is 32.2. The van der Waals surface area contributed by atoms with Crippen LogP contribution in [0.25, 0.3) is 0 Å². The van der Waals surface area contributed by atoms with Crippen LogP contribution in [0.5, 0.6) is 5.75 Å². The average Bonchev–Trinajstić information content (AvgIpc) is 2.42. The number of ether oxygens (including phenoxy) is 1. The second-order valence-corrected chi connectivity index (χ2v) is 6.38. The van der Waals surface area contributed by atoms with Gasteiger partial charge in [-0.15, -0.1) is 11.8 Å². The number of halogens is 1. The van der Waals surface area contributed by atoms with E-state index in [0.29, 0.717) is 24.0 Å². The molecule has 0 aliphatic rings. The molecule has 0 spiro atoms. The van der Waals surface area contributed by atoms with E-state index in [9.17, 15) is 9.18 Å². The van der Waals surface area contributed by atoms with Crippen LogP contribution >= 0.6 is 11.8 Å². The summed E-state index contributed by atoms with van der Waals surface area (Å²) in [5.74, 6) is 1.34. The first kappa shape index (κ1) is 16.8. The molecule has 1 unspecified atom stereocenters. The van der Waals surface area contributed by atoms with Gasteiger partial charge in [0.2, 0.25) is 5.91 Å². The van der Waals surface area contributed by atoms with Crippen molar-refractivity contribution in [1.82, 2.24) is 5.32 Å². The Morgan fingerprint density at radius 3 is 2.70 bits per heavy atom. The molecule has 1 amide bonds. The van der Waals surface area contributed by atoms with E-state index in [2.05, 4.69) is 19.2 Å². The Bertz CT molecular complexity index is 451. The van der Waals surface area contributed by atoms with Gasteiger partial charge in [-0.25, -0.2) is 4.39 Å². The summed E-state index contributed by atoms with van der Waals surface area (Å²) in [7, 11) is 1.56. The first-order chi connectivity index (χ1) is 9.43. The lowest BCUT2D eigenvalue weighted by Crippen LogP contribution is -2.33. The first-order valence-electron chi connectivity index (χ1n) is 6.65. The molecule has 0 fully saturated rings. The van der Waals surface area contributed by atoms with Gasteiger partial charge >= 0.3 is 0 Å². The lowest BCUT2D eigenvalue weighted by Gasteiger charge is -2.14. The minimum absolute atomic E-state index is 0.0130. The summed E-state index contributed by atoms with van der Waals surface area (Å²) in [6, 6.07) is 4.42. The van der Waals surface area contributed by atoms with E-state index >= 15 is 0 Å². The molecule has 1 aromatic rings. The van der Waals surface area contributed by atoms with E-state index in [4.69, 9.17) is 4.74 Å². The van der Waals surface area contributed by atoms with Gasteiger partial charge in [-0.05, 0) is 31.0 Å². The predicted octanol–water partition coefficient (Wildman–Crippen LogP) is 3.23. The van der Waals surface area contributed by atoms with Gasteiger partial charge in [0, 0.05) is 17.9 Å². The molecule has 1 rings (SSSR count). The Hall–Kier alpha value is -1.23. The molecule has 0 saturated heterocycles. The second kappa shape index (κ2) is 8.15. The van der Waals surface area contributed by atoms with E-state index in [1.165, 1.54) is 23.9 Å². The van der Waals surface area contributed by atoms with Crippen molar-refractivity contribution >= 4 is 17.7 Å². The number of methoxy groups -OCH3 is 1. The van der Waals surface area contributed by atoms with E-state index in [-0.39, 0.29) is 17.0 Å². The standard InChI is InChI=1S/C15H22FNO2S/c1-10(2)8-17-15(18)11(3)20-9-12-7-13(16)5-6-14(12)19-4/h5-7,10-11H,8-9H2,1-4H3,(H,17,18). The number of benzene rings is 1. The summed E-state index contributed by atoms with van der Waals surface area (Å²) >= 11 is 1.47. The van der Waals surface area contributed by atoms with Crippen LogP contribution < -0.4 is 10.1 Å². The topological polar surface area (TPSA) is 38.3 Å². The Morgan fingerprint density at radius 1 is 1.40 bits per heavy atom. The van der Waals surface area contributed by atoms with Crippen LogP contribution in [0.3, 0.4) is 0 Å².